The SMILES string of the molecule is Cc1nc(-c2ccccn2)sc1C(=O)N1CCC(c2ccccc2)CC1. The van der Waals surface area contributed by atoms with Gasteiger partial charge in [0.15, 0.2) is 0 Å². The highest BCUT2D eigenvalue weighted by Crippen LogP contribution is 2.31. The maximum atomic E-state index is 13.0. The Morgan fingerprint density at radius 2 is 1.81 bits per heavy atom. The molecule has 1 aliphatic heterocycles. The van der Waals surface area contributed by atoms with Gasteiger partial charge in [0.1, 0.15) is 9.88 Å². The Morgan fingerprint density at radius 3 is 2.50 bits per heavy atom. The van der Waals surface area contributed by atoms with Gasteiger partial charge in [-0.15, -0.1) is 11.3 Å². The third-order valence-corrected chi connectivity index (χ3v) is 6.10. The second-order valence-corrected chi connectivity index (χ2v) is 7.62. The topological polar surface area (TPSA) is 46.1 Å². The first-order chi connectivity index (χ1) is 12.7. The van der Waals surface area contributed by atoms with Crippen LogP contribution in [0.1, 0.15) is 39.7 Å². The van der Waals surface area contributed by atoms with Crippen LogP contribution in [0.5, 0.6) is 0 Å². The third-order valence-electron chi connectivity index (χ3n) is 4.93. The van der Waals surface area contributed by atoms with Crippen molar-refractivity contribution in [2.75, 3.05) is 13.1 Å². The van der Waals surface area contributed by atoms with Crippen molar-refractivity contribution in [3.05, 3.63) is 70.9 Å². The number of hydrogen-bond acceptors (Lipinski definition) is 4. The van der Waals surface area contributed by atoms with Crippen molar-refractivity contribution >= 4 is 17.2 Å². The van der Waals surface area contributed by atoms with Gasteiger partial charge >= 0.3 is 0 Å². The lowest BCUT2D eigenvalue weighted by Gasteiger charge is -2.32. The quantitative estimate of drug-likeness (QED) is 0.687. The van der Waals surface area contributed by atoms with Gasteiger partial charge in [-0.2, -0.15) is 0 Å². The summed E-state index contributed by atoms with van der Waals surface area (Å²) in [6, 6.07) is 16.4. The number of amides is 1. The average molecular weight is 363 g/mol. The summed E-state index contributed by atoms with van der Waals surface area (Å²) in [6.45, 7) is 3.51. The summed E-state index contributed by atoms with van der Waals surface area (Å²) >= 11 is 1.45. The summed E-state index contributed by atoms with van der Waals surface area (Å²) in [6.07, 6.45) is 3.78. The molecule has 1 amide bonds. The van der Waals surface area contributed by atoms with Gasteiger partial charge in [0, 0.05) is 19.3 Å². The van der Waals surface area contributed by atoms with Crippen LogP contribution in [-0.4, -0.2) is 33.9 Å². The summed E-state index contributed by atoms with van der Waals surface area (Å²) in [5.41, 5.74) is 3.00. The van der Waals surface area contributed by atoms with Crippen molar-refractivity contribution in [1.29, 1.82) is 0 Å². The maximum Gasteiger partial charge on any atom is 0.265 e. The third kappa shape index (κ3) is 3.40. The number of pyridine rings is 1. The Balaban J connectivity index is 1.47. The highest BCUT2D eigenvalue weighted by Gasteiger charge is 2.27. The zero-order valence-corrected chi connectivity index (χ0v) is 15.6. The van der Waals surface area contributed by atoms with Crippen LogP contribution in [0.4, 0.5) is 0 Å². The van der Waals surface area contributed by atoms with Crippen LogP contribution in [0, 0.1) is 6.92 Å². The molecule has 26 heavy (non-hydrogen) atoms. The van der Waals surface area contributed by atoms with Crippen LogP contribution >= 0.6 is 11.3 Å². The van der Waals surface area contributed by atoms with Gasteiger partial charge in [-0.05, 0) is 43.4 Å². The molecular formula is C21H21N3OS. The van der Waals surface area contributed by atoms with E-state index in [1.165, 1.54) is 16.9 Å². The number of likely N-dealkylation sites (tertiary alicyclic amines) is 1. The first-order valence-corrected chi connectivity index (χ1v) is 9.77. The van der Waals surface area contributed by atoms with Crippen LogP contribution in [0.25, 0.3) is 10.7 Å². The normalized spacial score (nSPS) is 15.2. The van der Waals surface area contributed by atoms with Crippen LogP contribution in [0.15, 0.2) is 54.7 Å². The van der Waals surface area contributed by atoms with E-state index in [1.54, 1.807) is 6.20 Å². The molecule has 4 nitrogen and oxygen atoms in total. The Bertz CT molecular complexity index is 884. The summed E-state index contributed by atoms with van der Waals surface area (Å²) in [4.78, 5) is 24.6. The number of nitrogens with zero attached hydrogens (tertiary/aromatic N) is 3. The van der Waals surface area contributed by atoms with Crippen molar-refractivity contribution in [2.24, 2.45) is 0 Å². The maximum absolute atomic E-state index is 13.0. The summed E-state index contributed by atoms with van der Waals surface area (Å²) in [5.74, 6) is 0.653. The van der Waals surface area contributed by atoms with Crippen molar-refractivity contribution < 1.29 is 4.79 Å². The second-order valence-electron chi connectivity index (χ2n) is 6.63. The van der Waals surface area contributed by atoms with E-state index in [2.05, 4.69) is 34.2 Å². The van der Waals surface area contributed by atoms with E-state index in [0.29, 0.717) is 5.92 Å². The van der Waals surface area contributed by atoms with Gasteiger partial charge in [0.05, 0.1) is 11.4 Å². The molecule has 2 aromatic heterocycles. The monoisotopic (exact) mass is 363 g/mol. The highest BCUT2D eigenvalue weighted by atomic mass is 32.1. The van der Waals surface area contributed by atoms with Crippen molar-refractivity contribution in [2.45, 2.75) is 25.7 Å². The van der Waals surface area contributed by atoms with E-state index in [-0.39, 0.29) is 5.91 Å². The molecule has 0 spiro atoms. The molecule has 3 aromatic rings. The van der Waals surface area contributed by atoms with Crippen LogP contribution in [0.3, 0.4) is 0 Å². The molecular weight excluding hydrogens is 342 g/mol. The fraction of sp³-hybridized carbons (Fsp3) is 0.286. The summed E-state index contributed by atoms with van der Waals surface area (Å²) < 4.78 is 0. The molecule has 1 saturated heterocycles. The fourth-order valence-corrected chi connectivity index (χ4v) is 4.49. The first kappa shape index (κ1) is 16.9. The molecule has 0 N–H and O–H groups in total. The van der Waals surface area contributed by atoms with Gasteiger partial charge in [-0.1, -0.05) is 36.4 Å². The number of aromatic nitrogens is 2. The number of carbonyl (C=O) groups is 1. The number of rotatable bonds is 3. The first-order valence-electron chi connectivity index (χ1n) is 8.95. The molecule has 0 aliphatic carbocycles. The Hall–Kier alpha value is -2.53. The number of carbonyl (C=O) groups excluding carboxylic acids is 1. The second kappa shape index (κ2) is 7.38. The summed E-state index contributed by atoms with van der Waals surface area (Å²) in [7, 11) is 0. The van der Waals surface area contributed by atoms with E-state index in [9.17, 15) is 4.79 Å². The lowest BCUT2D eigenvalue weighted by molar-refractivity contribution is 0.0717. The van der Waals surface area contributed by atoms with Crippen molar-refractivity contribution in [1.82, 2.24) is 14.9 Å². The Labute approximate surface area is 157 Å². The largest absolute Gasteiger partial charge is 0.338 e. The minimum Gasteiger partial charge on any atom is -0.338 e. The zero-order chi connectivity index (χ0) is 17.9. The molecule has 0 unspecified atom stereocenters. The number of hydrogen-bond donors (Lipinski definition) is 0. The van der Waals surface area contributed by atoms with Crippen LogP contribution < -0.4 is 0 Å². The number of aryl methyl sites for hydroxylation is 1. The van der Waals surface area contributed by atoms with Crippen molar-refractivity contribution in [3.63, 3.8) is 0 Å². The van der Waals surface area contributed by atoms with Crippen LogP contribution in [0.2, 0.25) is 0 Å². The van der Waals surface area contributed by atoms with E-state index < -0.39 is 0 Å². The molecule has 1 aliphatic rings. The van der Waals surface area contributed by atoms with Gasteiger partial charge in [-0.25, -0.2) is 4.98 Å². The lowest BCUT2D eigenvalue weighted by Crippen LogP contribution is -2.37. The lowest BCUT2D eigenvalue weighted by atomic mass is 9.89. The fourth-order valence-electron chi connectivity index (χ4n) is 3.48. The van der Waals surface area contributed by atoms with Crippen LogP contribution in [-0.2, 0) is 0 Å². The minimum absolute atomic E-state index is 0.105. The molecule has 5 heteroatoms. The molecule has 1 fully saturated rings. The minimum atomic E-state index is 0.105. The number of piperidine rings is 1. The predicted octanol–water partition coefficient (Wildman–Crippen LogP) is 4.53. The Kier molecular flexibility index (Phi) is 4.80. The molecule has 132 valence electrons. The zero-order valence-electron chi connectivity index (χ0n) is 14.8. The average Bonchev–Trinajstić information content (AvgIpc) is 3.10. The molecule has 0 saturated carbocycles. The van der Waals surface area contributed by atoms with E-state index in [1.807, 2.05) is 36.1 Å². The van der Waals surface area contributed by atoms with Gasteiger partial charge in [-0.3, -0.25) is 9.78 Å². The van der Waals surface area contributed by atoms with Gasteiger partial charge < -0.3 is 4.90 Å². The number of benzene rings is 1. The molecule has 4 rings (SSSR count). The molecule has 0 bridgehead atoms. The smallest absolute Gasteiger partial charge is 0.265 e. The molecule has 0 radical (unpaired) electrons. The van der Waals surface area contributed by atoms with E-state index in [4.69, 9.17) is 0 Å². The van der Waals surface area contributed by atoms with Gasteiger partial charge in [0.2, 0.25) is 0 Å². The summed E-state index contributed by atoms with van der Waals surface area (Å²) in [5, 5.41) is 0.811. The van der Waals surface area contributed by atoms with Gasteiger partial charge in [0.25, 0.3) is 5.91 Å². The molecule has 1 aromatic carbocycles. The Morgan fingerprint density at radius 1 is 1.08 bits per heavy atom. The number of thiazole rings is 1. The highest BCUT2D eigenvalue weighted by molar-refractivity contribution is 7.17. The molecule has 0 atom stereocenters. The van der Waals surface area contributed by atoms with Crippen molar-refractivity contribution in [3.8, 4) is 10.7 Å². The molecule has 3 heterocycles. The predicted molar refractivity (Wildman–Crippen MR) is 104 cm³/mol. The standard InChI is InChI=1S/C21H21N3OS/c1-15-19(26-20(23-15)18-9-5-6-12-22-18)21(25)24-13-10-17(11-14-24)16-7-3-2-4-8-16/h2-9,12,17H,10-11,13-14H2,1H3. The van der Waals surface area contributed by atoms with E-state index >= 15 is 0 Å². The van der Waals surface area contributed by atoms with E-state index in [0.717, 1.165) is 47.2 Å².